The Morgan fingerprint density at radius 2 is 1.00 bits per heavy atom. The lowest BCUT2D eigenvalue weighted by molar-refractivity contribution is 0.349. The summed E-state index contributed by atoms with van der Waals surface area (Å²) < 4.78 is 12.5. The Morgan fingerprint density at radius 1 is 0.610 bits per heavy atom. The number of hydrogen-bond acceptors (Lipinski definition) is 6. The molecule has 4 aromatic carbocycles. The van der Waals surface area contributed by atoms with Crippen molar-refractivity contribution >= 4 is 11.4 Å². The molecule has 212 valence electrons. The van der Waals surface area contributed by atoms with Gasteiger partial charge in [0.1, 0.15) is 34.5 Å². The van der Waals surface area contributed by atoms with Gasteiger partial charge in [0.05, 0.1) is 11.4 Å². The summed E-state index contributed by atoms with van der Waals surface area (Å²) in [5.41, 5.74) is 19.5. The number of anilines is 2. The molecule has 0 fully saturated rings. The van der Waals surface area contributed by atoms with Crippen LogP contribution in [-0.2, 0) is 16.2 Å². The van der Waals surface area contributed by atoms with Crippen molar-refractivity contribution in [1.82, 2.24) is 0 Å². The van der Waals surface area contributed by atoms with Gasteiger partial charge >= 0.3 is 0 Å². The zero-order valence-corrected chi connectivity index (χ0v) is 24.6. The van der Waals surface area contributed by atoms with E-state index in [4.69, 9.17) is 20.9 Å². The van der Waals surface area contributed by atoms with Crippen molar-refractivity contribution in [2.24, 2.45) is 0 Å². The lowest BCUT2D eigenvalue weighted by Crippen LogP contribution is -2.26. The Labute approximate surface area is 241 Å². The molecule has 6 nitrogen and oxygen atoms in total. The van der Waals surface area contributed by atoms with E-state index in [2.05, 4.69) is 65.8 Å². The summed E-state index contributed by atoms with van der Waals surface area (Å²) in [7, 11) is 0. The van der Waals surface area contributed by atoms with Crippen molar-refractivity contribution in [1.29, 1.82) is 0 Å². The Balaban J connectivity index is 1.44. The molecule has 6 heteroatoms. The Hall–Kier alpha value is -4.32. The van der Waals surface area contributed by atoms with Crippen LogP contribution in [0.3, 0.4) is 0 Å². The Kier molecular flexibility index (Phi) is 5.79. The molecule has 6 rings (SSSR count). The molecule has 0 atom stereocenters. The minimum Gasteiger partial charge on any atom is -0.506 e. The quantitative estimate of drug-likeness (QED) is 0.151. The lowest BCUT2D eigenvalue weighted by atomic mass is 9.72. The highest BCUT2D eigenvalue weighted by molar-refractivity contribution is 5.66. The van der Waals surface area contributed by atoms with Crippen molar-refractivity contribution in [3.05, 3.63) is 94.0 Å². The van der Waals surface area contributed by atoms with Crippen LogP contribution in [0.1, 0.15) is 73.9 Å². The van der Waals surface area contributed by atoms with Crippen molar-refractivity contribution in [2.45, 2.75) is 70.6 Å². The zero-order valence-electron chi connectivity index (χ0n) is 24.6. The van der Waals surface area contributed by atoms with Crippen LogP contribution in [-0.4, -0.2) is 10.2 Å². The van der Waals surface area contributed by atoms with E-state index in [1.807, 2.05) is 0 Å². The third-order valence-electron chi connectivity index (χ3n) is 9.16. The molecule has 4 aromatic rings. The molecule has 0 bridgehead atoms. The summed E-state index contributed by atoms with van der Waals surface area (Å²) in [5.74, 6) is 2.68. The summed E-state index contributed by atoms with van der Waals surface area (Å²) in [4.78, 5) is 0. The second-order valence-electron chi connectivity index (χ2n) is 13.1. The third-order valence-corrected chi connectivity index (χ3v) is 9.16. The van der Waals surface area contributed by atoms with Crippen LogP contribution in [0.5, 0.6) is 34.5 Å². The van der Waals surface area contributed by atoms with Crippen LogP contribution in [0, 0.1) is 13.8 Å². The van der Waals surface area contributed by atoms with Gasteiger partial charge in [-0.05, 0) is 107 Å². The first kappa shape index (κ1) is 26.9. The second-order valence-corrected chi connectivity index (χ2v) is 13.1. The zero-order chi connectivity index (χ0) is 29.5. The second kappa shape index (κ2) is 8.84. The standard InChI is InChI=1S/C35H38N2O4/c1-19-29(40-21-7-11-25(36)27(38)15-21)13-9-23-31(19)33(3,4)17-35(23)18-34(5,6)32-20(2)30(14-10-24(32)35)41-22-8-12-26(37)28(39)16-22/h7-16,38-39H,17-18,36-37H2,1-6H3. The Bertz CT molecular complexity index is 1590. The van der Waals surface area contributed by atoms with Gasteiger partial charge in [-0.2, -0.15) is 0 Å². The predicted molar refractivity (Wildman–Crippen MR) is 164 cm³/mol. The van der Waals surface area contributed by atoms with Crippen molar-refractivity contribution in [3.63, 3.8) is 0 Å². The largest absolute Gasteiger partial charge is 0.506 e. The lowest BCUT2D eigenvalue weighted by Gasteiger charge is -2.30. The van der Waals surface area contributed by atoms with Crippen molar-refractivity contribution < 1.29 is 19.7 Å². The number of rotatable bonds is 4. The molecule has 6 N–H and O–H groups in total. The minimum atomic E-state index is -0.136. The van der Waals surface area contributed by atoms with Crippen LogP contribution < -0.4 is 20.9 Å². The number of ether oxygens (including phenoxy) is 2. The first-order valence-corrected chi connectivity index (χ1v) is 14.1. The highest BCUT2D eigenvalue weighted by atomic mass is 16.5. The van der Waals surface area contributed by atoms with E-state index in [1.165, 1.54) is 22.3 Å². The van der Waals surface area contributed by atoms with Crippen molar-refractivity contribution in [3.8, 4) is 34.5 Å². The molecule has 2 aliphatic carbocycles. The van der Waals surface area contributed by atoms with Crippen LogP contribution in [0.2, 0.25) is 0 Å². The van der Waals surface area contributed by atoms with E-state index in [0.29, 0.717) is 22.9 Å². The number of nitrogens with two attached hydrogens (primary N) is 2. The minimum absolute atomic E-state index is 0.0114. The van der Waals surface area contributed by atoms with Gasteiger partial charge in [-0.15, -0.1) is 0 Å². The van der Waals surface area contributed by atoms with Gasteiger partial charge in [0.25, 0.3) is 0 Å². The van der Waals surface area contributed by atoms with Crippen molar-refractivity contribution in [2.75, 3.05) is 11.5 Å². The number of phenolic OH excluding ortho intramolecular Hbond substituents is 2. The summed E-state index contributed by atoms with van der Waals surface area (Å²) in [6.07, 6.45) is 1.98. The van der Waals surface area contributed by atoms with E-state index in [-0.39, 0.29) is 27.7 Å². The molecule has 0 saturated heterocycles. The number of benzene rings is 4. The van der Waals surface area contributed by atoms with Crippen LogP contribution in [0.4, 0.5) is 11.4 Å². The maximum absolute atomic E-state index is 10.1. The molecule has 0 unspecified atom stereocenters. The summed E-state index contributed by atoms with van der Waals surface area (Å²) in [6, 6.07) is 18.6. The molecule has 0 aliphatic heterocycles. The third kappa shape index (κ3) is 4.07. The summed E-state index contributed by atoms with van der Waals surface area (Å²) >= 11 is 0. The molecule has 0 radical (unpaired) electrons. The average molecular weight is 551 g/mol. The maximum Gasteiger partial charge on any atom is 0.142 e. The van der Waals surface area contributed by atoms with Gasteiger partial charge in [0, 0.05) is 17.5 Å². The first-order valence-electron chi connectivity index (χ1n) is 14.1. The smallest absolute Gasteiger partial charge is 0.142 e. The number of hydrogen-bond donors (Lipinski definition) is 4. The SMILES string of the molecule is Cc1c(Oc2ccc(N)c(O)c2)ccc2c1C(C)(C)CC21CC(C)(C)c2c1ccc(Oc1ccc(N)c(O)c1)c2C. The molecular weight excluding hydrogens is 512 g/mol. The van der Waals surface area contributed by atoms with Crippen LogP contribution >= 0.6 is 0 Å². The topological polar surface area (TPSA) is 111 Å². The van der Waals surface area contributed by atoms with Gasteiger partial charge in [-0.3, -0.25) is 0 Å². The molecule has 2 aliphatic rings. The maximum atomic E-state index is 10.1. The van der Waals surface area contributed by atoms with Gasteiger partial charge < -0.3 is 31.2 Å². The first-order chi connectivity index (χ1) is 19.2. The van der Waals surface area contributed by atoms with Crippen LogP contribution in [0.15, 0.2) is 60.7 Å². The predicted octanol–water partition coefficient (Wildman–Crippen LogP) is 8.11. The highest BCUT2D eigenvalue weighted by Crippen LogP contribution is 2.64. The number of phenols is 2. The molecular formula is C35H38N2O4. The van der Waals surface area contributed by atoms with Gasteiger partial charge in [-0.1, -0.05) is 39.8 Å². The van der Waals surface area contributed by atoms with E-state index in [9.17, 15) is 10.2 Å². The van der Waals surface area contributed by atoms with Gasteiger partial charge in [0.2, 0.25) is 0 Å². The molecule has 0 aromatic heterocycles. The van der Waals surface area contributed by atoms with E-state index in [1.54, 1.807) is 36.4 Å². The highest BCUT2D eigenvalue weighted by Gasteiger charge is 2.57. The van der Waals surface area contributed by atoms with E-state index < -0.39 is 0 Å². The molecule has 0 saturated carbocycles. The monoisotopic (exact) mass is 550 g/mol. The molecule has 41 heavy (non-hydrogen) atoms. The number of aromatic hydroxyl groups is 2. The molecule has 0 amide bonds. The number of fused-ring (bicyclic) bond motifs is 4. The van der Waals surface area contributed by atoms with Gasteiger partial charge in [-0.25, -0.2) is 0 Å². The van der Waals surface area contributed by atoms with E-state index >= 15 is 0 Å². The fourth-order valence-corrected chi connectivity index (χ4v) is 7.85. The van der Waals surface area contributed by atoms with Gasteiger partial charge in [0.15, 0.2) is 0 Å². The molecule has 0 heterocycles. The van der Waals surface area contributed by atoms with E-state index in [0.717, 1.165) is 35.5 Å². The van der Waals surface area contributed by atoms with Crippen LogP contribution in [0.25, 0.3) is 0 Å². The fraction of sp³-hybridized carbons (Fsp3) is 0.314. The Morgan fingerprint density at radius 3 is 1.37 bits per heavy atom. The normalized spacial score (nSPS) is 17.3. The fourth-order valence-electron chi connectivity index (χ4n) is 7.85. The average Bonchev–Trinajstić information content (AvgIpc) is 3.26. The summed E-state index contributed by atoms with van der Waals surface area (Å²) in [6.45, 7) is 13.6. The number of nitrogen functional groups attached to an aromatic ring is 2. The summed E-state index contributed by atoms with van der Waals surface area (Å²) in [5, 5.41) is 20.2. The molecule has 1 spiro atoms.